The molecule has 0 aliphatic carbocycles. The summed E-state index contributed by atoms with van der Waals surface area (Å²) >= 11 is 0. The topological polar surface area (TPSA) is 59.0 Å². The third-order valence-electron chi connectivity index (χ3n) is 4.51. The van der Waals surface area contributed by atoms with Crippen LogP contribution in [0.15, 0.2) is 24.3 Å². The van der Waals surface area contributed by atoms with Crippen LogP contribution >= 0.6 is 0 Å². The van der Waals surface area contributed by atoms with Crippen LogP contribution in [0.25, 0.3) is 0 Å². The van der Waals surface area contributed by atoms with Crippen molar-refractivity contribution < 1.29 is 19.4 Å². The summed E-state index contributed by atoms with van der Waals surface area (Å²) in [6.45, 7) is 2.80. The highest BCUT2D eigenvalue weighted by molar-refractivity contribution is 5.66. The molecule has 2 bridgehead atoms. The van der Waals surface area contributed by atoms with Gasteiger partial charge in [0.2, 0.25) is 0 Å². The van der Waals surface area contributed by atoms with Gasteiger partial charge in [0, 0.05) is 24.9 Å². The number of hydrogen-bond donors (Lipinski definition) is 1. The van der Waals surface area contributed by atoms with Crippen LogP contribution < -0.4 is 9.47 Å². The minimum Gasteiger partial charge on any atom is -0.494 e. The predicted molar refractivity (Wildman–Crippen MR) is 82.6 cm³/mol. The molecule has 0 radical (unpaired) electrons. The standard InChI is InChI=1S/C17H23NO4/c1-2-9-21-14-5-7-15(8-6-14)22-16-10-12-3-4-13(11-16)18(12)17(19)20/h5-8,12-13,16H,2-4,9-11H2,1H3,(H,19,20)/t12-,13+,16?. The third-order valence-corrected chi connectivity index (χ3v) is 4.51. The average molecular weight is 305 g/mol. The Hall–Kier alpha value is -1.91. The first kappa shape index (κ1) is 15.0. The fourth-order valence-electron chi connectivity index (χ4n) is 3.56. The molecule has 1 N–H and O–H groups in total. The molecule has 1 aromatic rings. The van der Waals surface area contributed by atoms with Crippen molar-refractivity contribution in [3.63, 3.8) is 0 Å². The lowest BCUT2D eigenvalue weighted by Crippen LogP contribution is -2.48. The predicted octanol–water partition coefficient (Wildman–Crippen LogP) is 3.53. The Balaban J connectivity index is 1.57. The van der Waals surface area contributed by atoms with Gasteiger partial charge >= 0.3 is 6.09 Å². The van der Waals surface area contributed by atoms with E-state index in [0.29, 0.717) is 0 Å². The molecular formula is C17H23NO4. The molecule has 1 amide bonds. The van der Waals surface area contributed by atoms with Crippen LogP contribution in [0.3, 0.4) is 0 Å². The van der Waals surface area contributed by atoms with E-state index in [4.69, 9.17) is 9.47 Å². The second-order valence-corrected chi connectivity index (χ2v) is 6.11. The van der Waals surface area contributed by atoms with Gasteiger partial charge in [-0.15, -0.1) is 0 Å². The average Bonchev–Trinajstić information content (AvgIpc) is 2.79. The van der Waals surface area contributed by atoms with Crippen LogP contribution in [0.5, 0.6) is 11.5 Å². The van der Waals surface area contributed by atoms with Gasteiger partial charge in [-0.3, -0.25) is 0 Å². The zero-order valence-electron chi connectivity index (χ0n) is 12.9. The minimum atomic E-state index is -0.789. The van der Waals surface area contributed by atoms with Crippen molar-refractivity contribution in [3.05, 3.63) is 24.3 Å². The number of nitrogens with zero attached hydrogens (tertiary/aromatic N) is 1. The number of fused-ring (bicyclic) bond motifs is 2. The zero-order chi connectivity index (χ0) is 15.5. The Morgan fingerprint density at radius 3 is 2.32 bits per heavy atom. The molecule has 0 spiro atoms. The lowest BCUT2D eigenvalue weighted by Gasteiger charge is -2.37. The van der Waals surface area contributed by atoms with Crippen molar-refractivity contribution in [2.45, 2.75) is 57.2 Å². The van der Waals surface area contributed by atoms with Crippen LogP contribution in [0, 0.1) is 0 Å². The van der Waals surface area contributed by atoms with Gasteiger partial charge in [-0.05, 0) is 43.5 Å². The number of carbonyl (C=O) groups is 1. The summed E-state index contributed by atoms with van der Waals surface area (Å²) in [5.41, 5.74) is 0. The fourth-order valence-corrected chi connectivity index (χ4v) is 3.56. The van der Waals surface area contributed by atoms with Gasteiger partial charge in [0.15, 0.2) is 0 Å². The van der Waals surface area contributed by atoms with Gasteiger partial charge in [-0.25, -0.2) is 4.79 Å². The summed E-state index contributed by atoms with van der Waals surface area (Å²) in [7, 11) is 0. The summed E-state index contributed by atoms with van der Waals surface area (Å²) in [5.74, 6) is 1.69. The molecule has 2 aliphatic heterocycles. The lowest BCUT2D eigenvalue weighted by molar-refractivity contribution is 0.0495. The monoisotopic (exact) mass is 305 g/mol. The van der Waals surface area contributed by atoms with E-state index in [0.717, 1.165) is 50.2 Å². The third kappa shape index (κ3) is 3.13. The van der Waals surface area contributed by atoms with Crippen LogP contribution in [0.1, 0.15) is 39.0 Å². The highest BCUT2D eigenvalue weighted by Gasteiger charge is 2.44. The van der Waals surface area contributed by atoms with E-state index in [1.165, 1.54) is 0 Å². The molecule has 3 rings (SSSR count). The van der Waals surface area contributed by atoms with Crippen LogP contribution in [0.4, 0.5) is 4.79 Å². The fraction of sp³-hybridized carbons (Fsp3) is 0.588. The van der Waals surface area contributed by atoms with E-state index >= 15 is 0 Å². The Bertz CT molecular complexity index is 502. The number of ether oxygens (including phenoxy) is 2. The molecule has 0 aromatic heterocycles. The number of hydrogen-bond acceptors (Lipinski definition) is 3. The quantitative estimate of drug-likeness (QED) is 0.904. The summed E-state index contributed by atoms with van der Waals surface area (Å²) in [6, 6.07) is 7.94. The van der Waals surface area contributed by atoms with Crippen molar-refractivity contribution in [1.29, 1.82) is 0 Å². The molecular weight excluding hydrogens is 282 g/mol. The Kier molecular flexibility index (Phi) is 4.41. The Morgan fingerprint density at radius 1 is 1.18 bits per heavy atom. The molecule has 2 fully saturated rings. The van der Waals surface area contributed by atoms with E-state index in [1.54, 1.807) is 4.90 Å². The van der Waals surface area contributed by atoms with Gasteiger partial charge in [-0.1, -0.05) is 6.92 Å². The molecule has 120 valence electrons. The lowest BCUT2D eigenvalue weighted by atomic mass is 10.0. The van der Waals surface area contributed by atoms with Gasteiger partial charge in [0.05, 0.1) is 6.61 Å². The summed E-state index contributed by atoms with van der Waals surface area (Å²) in [4.78, 5) is 12.9. The van der Waals surface area contributed by atoms with Crippen molar-refractivity contribution in [3.8, 4) is 11.5 Å². The number of benzene rings is 1. The maximum atomic E-state index is 11.3. The minimum absolute atomic E-state index is 0.107. The summed E-state index contributed by atoms with van der Waals surface area (Å²) in [5, 5.41) is 9.27. The molecule has 2 aliphatic rings. The first-order valence-corrected chi connectivity index (χ1v) is 8.08. The highest BCUT2D eigenvalue weighted by Crippen LogP contribution is 2.37. The zero-order valence-corrected chi connectivity index (χ0v) is 12.9. The van der Waals surface area contributed by atoms with Gasteiger partial charge < -0.3 is 19.5 Å². The normalized spacial score (nSPS) is 26.8. The molecule has 5 nitrogen and oxygen atoms in total. The van der Waals surface area contributed by atoms with Crippen molar-refractivity contribution in [2.24, 2.45) is 0 Å². The SMILES string of the molecule is CCCOc1ccc(OC2C[C@H]3CC[C@@H](C2)N3C(=O)O)cc1. The van der Waals surface area contributed by atoms with E-state index in [1.807, 2.05) is 24.3 Å². The maximum absolute atomic E-state index is 11.3. The summed E-state index contributed by atoms with van der Waals surface area (Å²) in [6.07, 6.45) is 3.80. The van der Waals surface area contributed by atoms with Gasteiger partial charge in [-0.2, -0.15) is 0 Å². The number of amides is 1. The molecule has 2 heterocycles. The van der Waals surface area contributed by atoms with Gasteiger partial charge in [0.1, 0.15) is 17.6 Å². The number of piperidine rings is 1. The molecule has 22 heavy (non-hydrogen) atoms. The maximum Gasteiger partial charge on any atom is 0.407 e. The van der Waals surface area contributed by atoms with Gasteiger partial charge in [0.25, 0.3) is 0 Å². The summed E-state index contributed by atoms with van der Waals surface area (Å²) < 4.78 is 11.6. The van der Waals surface area contributed by atoms with E-state index in [-0.39, 0.29) is 18.2 Å². The Morgan fingerprint density at radius 2 is 1.77 bits per heavy atom. The van der Waals surface area contributed by atoms with Crippen LogP contribution in [-0.2, 0) is 0 Å². The first-order valence-electron chi connectivity index (χ1n) is 8.08. The molecule has 0 saturated carbocycles. The molecule has 2 saturated heterocycles. The molecule has 3 atom stereocenters. The second-order valence-electron chi connectivity index (χ2n) is 6.11. The van der Waals surface area contributed by atoms with Crippen LogP contribution in [-0.4, -0.2) is 40.9 Å². The first-order chi connectivity index (χ1) is 10.7. The second kappa shape index (κ2) is 6.46. The number of rotatable bonds is 5. The van der Waals surface area contributed by atoms with Crippen LogP contribution in [0.2, 0.25) is 0 Å². The highest BCUT2D eigenvalue weighted by atomic mass is 16.5. The van der Waals surface area contributed by atoms with E-state index in [9.17, 15) is 9.90 Å². The van der Waals surface area contributed by atoms with Crippen molar-refractivity contribution in [2.75, 3.05) is 6.61 Å². The molecule has 1 unspecified atom stereocenters. The molecule has 1 aromatic carbocycles. The number of carboxylic acid groups (broad SMARTS) is 1. The smallest absolute Gasteiger partial charge is 0.407 e. The Labute approximate surface area is 130 Å². The van der Waals surface area contributed by atoms with E-state index < -0.39 is 6.09 Å². The van der Waals surface area contributed by atoms with Crippen molar-refractivity contribution in [1.82, 2.24) is 4.90 Å². The largest absolute Gasteiger partial charge is 0.494 e. The van der Waals surface area contributed by atoms with Crippen molar-refractivity contribution >= 4 is 6.09 Å². The molecule has 5 heteroatoms. The van der Waals surface area contributed by atoms with E-state index in [2.05, 4.69) is 6.92 Å².